The molecule has 1 aromatic rings. The van der Waals surface area contributed by atoms with Crippen molar-refractivity contribution in [3.8, 4) is 0 Å². The molecular formula is C14H19NO3. The normalized spacial score (nSPS) is 10.8. The van der Waals surface area contributed by atoms with Gasteiger partial charge in [-0.2, -0.15) is 0 Å². The Morgan fingerprint density at radius 2 is 2.22 bits per heavy atom. The first-order valence-corrected chi connectivity index (χ1v) is 5.85. The average Bonchev–Trinajstić information content (AvgIpc) is 2.35. The number of benzene rings is 1. The fourth-order valence-electron chi connectivity index (χ4n) is 1.41. The van der Waals surface area contributed by atoms with E-state index in [1.165, 1.54) is 6.08 Å². The molecule has 1 amide bonds. The molecule has 0 aliphatic carbocycles. The smallest absolute Gasteiger partial charge is 0.248 e. The van der Waals surface area contributed by atoms with E-state index in [-0.39, 0.29) is 5.91 Å². The van der Waals surface area contributed by atoms with Gasteiger partial charge in [-0.15, -0.1) is 0 Å². The molecule has 0 radical (unpaired) electrons. The number of hydrogen-bond acceptors (Lipinski definition) is 3. The van der Waals surface area contributed by atoms with Crippen molar-refractivity contribution in [1.82, 2.24) is 0 Å². The molecule has 1 N–H and O–H groups in total. The van der Waals surface area contributed by atoms with E-state index in [1.807, 2.05) is 24.3 Å². The van der Waals surface area contributed by atoms with Gasteiger partial charge in [-0.1, -0.05) is 18.2 Å². The Hall–Kier alpha value is -1.65. The number of nitrogens with one attached hydrogen (secondary N) is 1. The fraction of sp³-hybridized carbons (Fsp3) is 0.357. The molecule has 0 saturated heterocycles. The van der Waals surface area contributed by atoms with Gasteiger partial charge in [0.1, 0.15) is 0 Å². The number of rotatable bonds is 7. The minimum absolute atomic E-state index is 0.130. The second kappa shape index (κ2) is 8.44. The Morgan fingerprint density at radius 3 is 2.94 bits per heavy atom. The summed E-state index contributed by atoms with van der Waals surface area (Å²) in [5, 5.41) is 2.78. The molecular weight excluding hydrogens is 230 g/mol. The number of ether oxygens (including phenoxy) is 2. The Bertz CT molecular complexity index is 402. The molecule has 4 nitrogen and oxygen atoms in total. The van der Waals surface area contributed by atoms with Crippen LogP contribution in [0.4, 0.5) is 5.69 Å². The van der Waals surface area contributed by atoms with E-state index in [0.717, 1.165) is 11.3 Å². The molecule has 0 aliphatic heterocycles. The molecule has 0 spiro atoms. The van der Waals surface area contributed by atoms with Crippen molar-refractivity contribution in [1.29, 1.82) is 0 Å². The van der Waals surface area contributed by atoms with Crippen LogP contribution < -0.4 is 5.32 Å². The van der Waals surface area contributed by atoms with E-state index < -0.39 is 0 Å². The minimum atomic E-state index is -0.130. The topological polar surface area (TPSA) is 47.6 Å². The van der Waals surface area contributed by atoms with Gasteiger partial charge in [-0.25, -0.2) is 0 Å². The van der Waals surface area contributed by atoms with Crippen molar-refractivity contribution in [2.24, 2.45) is 0 Å². The number of anilines is 1. The van der Waals surface area contributed by atoms with Gasteiger partial charge >= 0.3 is 0 Å². The van der Waals surface area contributed by atoms with Crippen molar-refractivity contribution < 1.29 is 14.3 Å². The molecule has 18 heavy (non-hydrogen) atoms. The SMILES string of the molecule is CC=CC(=O)Nc1cccc(COCCOC)c1. The van der Waals surface area contributed by atoms with Crippen LogP contribution >= 0.6 is 0 Å². The van der Waals surface area contributed by atoms with Crippen LogP contribution in [0.3, 0.4) is 0 Å². The lowest BCUT2D eigenvalue weighted by atomic mass is 10.2. The molecule has 0 fully saturated rings. The summed E-state index contributed by atoms with van der Waals surface area (Å²) in [6, 6.07) is 7.59. The second-order valence-electron chi connectivity index (χ2n) is 3.74. The quantitative estimate of drug-likeness (QED) is 0.596. The zero-order chi connectivity index (χ0) is 13.2. The number of carbonyl (C=O) groups excluding carboxylic acids is 1. The number of amides is 1. The number of allylic oxidation sites excluding steroid dienone is 1. The van der Waals surface area contributed by atoms with Crippen LogP contribution in [0.1, 0.15) is 12.5 Å². The summed E-state index contributed by atoms with van der Waals surface area (Å²) < 4.78 is 10.3. The lowest BCUT2D eigenvalue weighted by Gasteiger charge is -2.06. The summed E-state index contributed by atoms with van der Waals surface area (Å²) in [6.45, 7) is 3.46. The van der Waals surface area contributed by atoms with E-state index in [1.54, 1.807) is 20.1 Å². The number of hydrogen-bond donors (Lipinski definition) is 1. The molecule has 0 unspecified atom stereocenters. The van der Waals surface area contributed by atoms with E-state index in [9.17, 15) is 4.79 Å². The number of carbonyl (C=O) groups is 1. The molecule has 4 heteroatoms. The van der Waals surface area contributed by atoms with Crippen molar-refractivity contribution in [3.63, 3.8) is 0 Å². The lowest BCUT2D eigenvalue weighted by molar-refractivity contribution is -0.111. The zero-order valence-corrected chi connectivity index (χ0v) is 10.8. The van der Waals surface area contributed by atoms with Gasteiger partial charge < -0.3 is 14.8 Å². The van der Waals surface area contributed by atoms with Crippen LogP contribution in [0, 0.1) is 0 Å². The summed E-state index contributed by atoms with van der Waals surface area (Å²) in [4.78, 5) is 11.4. The lowest BCUT2D eigenvalue weighted by Crippen LogP contribution is -2.08. The van der Waals surface area contributed by atoms with Gasteiger partial charge in [0.25, 0.3) is 0 Å². The van der Waals surface area contributed by atoms with Crippen molar-refractivity contribution >= 4 is 11.6 Å². The van der Waals surface area contributed by atoms with Crippen molar-refractivity contribution in [2.45, 2.75) is 13.5 Å². The Morgan fingerprint density at radius 1 is 1.39 bits per heavy atom. The molecule has 1 aromatic carbocycles. The van der Waals surface area contributed by atoms with E-state index in [2.05, 4.69) is 5.32 Å². The maximum atomic E-state index is 11.4. The maximum absolute atomic E-state index is 11.4. The Balaban J connectivity index is 2.48. The molecule has 1 rings (SSSR count). The second-order valence-corrected chi connectivity index (χ2v) is 3.74. The summed E-state index contributed by atoms with van der Waals surface area (Å²) in [5.74, 6) is -0.130. The van der Waals surface area contributed by atoms with Crippen molar-refractivity contribution in [2.75, 3.05) is 25.6 Å². The highest BCUT2D eigenvalue weighted by Gasteiger charge is 1.99. The van der Waals surface area contributed by atoms with Crippen LogP contribution in [-0.2, 0) is 20.9 Å². The monoisotopic (exact) mass is 249 g/mol. The molecule has 0 saturated carbocycles. The Kier molecular flexibility index (Phi) is 6.76. The van der Waals surface area contributed by atoms with Gasteiger partial charge in [0.15, 0.2) is 0 Å². The first kappa shape index (κ1) is 14.4. The number of methoxy groups -OCH3 is 1. The van der Waals surface area contributed by atoms with Gasteiger partial charge in [0, 0.05) is 12.8 Å². The summed E-state index contributed by atoms with van der Waals surface area (Å²) in [5.41, 5.74) is 1.79. The third-order valence-corrected chi connectivity index (χ3v) is 2.21. The van der Waals surface area contributed by atoms with Crippen LogP contribution in [0.15, 0.2) is 36.4 Å². The molecule has 98 valence electrons. The Labute approximate surface area is 108 Å². The summed E-state index contributed by atoms with van der Waals surface area (Å²) in [6.07, 6.45) is 3.19. The maximum Gasteiger partial charge on any atom is 0.248 e. The highest BCUT2D eigenvalue weighted by molar-refractivity contribution is 5.99. The molecule has 0 bridgehead atoms. The van der Waals surface area contributed by atoms with Gasteiger partial charge in [0.05, 0.1) is 19.8 Å². The van der Waals surface area contributed by atoms with Gasteiger partial charge in [-0.3, -0.25) is 4.79 Å². The van der Waals surface area contributed by atoms with E-state index >= 15 is 0 Å². The molecule has 0 aromatic heterocycles. The average molecular weight is 249 g/mol. The third kappa shape index (κ3) is 5.61. The van der Waals surface area contributed by atoms with E-state index in [4.69, 9.17) is 9.47 Å². The highest BCUT2D eigenvalue weighted by atomic mass is 16.5. The third-order valence-electron chi connectivity index (χ3n) is 2.21. The first-order valence-electron chi connectivity index (χ1n) is 5.85. The largest absolute Gasteiger partial charge is 0.382 e. The fourth-order valence-corrected chi connectivity index (χ4v) is 1.41. The van der Waals surface area contributed by atoms with Crippen LogP contribution in [0.25, 0.3) is 0 Å². The van der Waals surface area contributed by atoms with Crippen molar-refractivity contribution in [3.05, 3.63) is 42.0 Å². The predicted octanol–water partition coefficient (Wildman–Crippen LogP) is 2.36. The standard InChI is InChI=1S/C14H19NO3/c1-3-5-14(16)15-13-7-4-6-12(10-13)11-18-9-8-17-2/h3-7,10H,8-9,11H2,1-2H3,(H,15,16). The van der Waals surface area contributed by atoms with E-state index in [0.29, 0.717) is 19.8 Å². The predicted molar refractivity (Wildman–Crippen MR) is 71.4 cm³/mol. The molecule has 0 aliphatic rings. The molecule has 0 heterocycles. The summed E-state index contributed by atoms with van der Waals surface area (Å²) >= 11 is 0. The van der Waals surface area contributed by atoms with Gasteiger partial charge in [0.2, 0.25) is 5.91 Å². The summed E-state index contributed by atoms with van der Waals surface area (Å²) in [7, 11) is 1.64. The molecule has 0 atom stereocenters. The van der Waals surface area contributed by atoms with Crippen LogP contribution in [0.2, 0.25) is 0 Å². The van der Waals surface area contributed by atoms with Crippen LogP contribution in [-0.4, -0.2) is 26.2 Å². The first-order chi connectivity index (χ1) is 8.76. The van der Waals surface area contributed by atoms with Crippen LogP contribution in [0.5, 0.6) is 0 Å². The minimum Gasteiger partial charge on any atom is -0.382 e. The zero-order valence-electron chi connectivity index (χ0n) is 10.8. The highest BCUT2D eigenvalue weighted by Crippen LogP contribution is 2.11. The van der Waals surface area contributed by atoms with Gasteiger partial charge in [-0.05, 0) is 30.7 Å².